The van der Waals surface area contributed by atoms with E-state index in [0.717, 1.165) is 24.6 Å². The number of hydrogen-bond donors (Lipinski definition) is 2. The average Bonchev–Trinajstić information content (AvgIpc) is 2.55. The van der Waals surface area contributed by atoms with E-state index >= 15 is 0 Å². The lowest BCUT2D eigenvalue weighted by molar-refractivity contribution is -0.137. The molecule has 1 aromatic heterocycles. The monoisotopic (exact) mass is 386 g/mol. The third-order valence-corrected chi connectivity index (χ3v) is 3.77. The van der Waals surface area contributed by atoms with Gasteiger partial charge in [0.2, 0.25) is 5.95 Å². The number of amides is 1. The van der Waals surface area contributed by atoms with Crippen LogP contribution in [0.2, 0.25) is 5.02 Å². The summed E-state index contributed by atoms with van der Waals surface area (Å²) in [7, 11) is 0. The topological polar surface area (TPSA) is 66.9 Å². The quantitative estimate of drug-likeness (QED) is 0.757. The Morgan fingerprint density at radius 1 is 1.27 bits per heavy atom. The van der Waals surface area contributed by atoms with E-state index in [1.165, 1.54) is 12.3 Å². The zero-order chi connectivity index (χ0) is 19.3. The van der Waals surface area contributed by atoms with E-state index in [2.05, 4.69) is 20.6 Å². The minimum absolute atomic E-state index is 0.00106. The van der Waals surface area contributed by atoms with Crippen LogP contribution in [0.15, 0.2) is 30.5 Å². The summed E-state index contributed by atoms with van der Waals surface area (Å²) in [5.74, 6) is 0.0370. The van der Waals surface area contributed by atoms with Gasteiger partial charge in [-0.3, -0.25) is 4.79 Å². The second kappa shape index (κ2) is 8.35. The van der Waals surface area contributed by atoms with Crippen molar-refractivity contribution in [2.45, 2.75) is 26.4 Å². The van der Waals surface area contributed by atoms with Crippen molar-refractivity contribution in [2.24, 2.45) is 5.92 Å². The van der Waals surface area contributed by atoms with Crippen LogP contribution in [0.1, 0.15) is 36.3 Å². The number of halogens is 4. The van der Waals surface area contributed by atoms with E-state index in [4.69, 9.17) is 11.6 Å². The zero-order valence-corrected chi connectivity index (χ0v) is 14.9. The van der Waals surface area contributed by atoms with Crippen molar-refractivity contribution in [1.29, 1.82) is 0 Å². The summed E-state index contributed by atoms with van der Waals surface area (Å²) in [6.45, 7) is 4.58. The van der Waals surface area contributed by atoms with Crippen molar-refractivity contribution in [1.82, 2.24) is 15.3 Å². The maximum absolute atomic E-state index is 12.8. The summed E-state index contributed by atoms with van der Waals surface area (Å²) in [6, 6.07) is 4.30. The fraction of sp³-hybridized carbons (Fsp3) is 0.353. The number of benzene rings is 1. The highest BCUT2D eigenvalue weighted by Gasteiger charge is 2.31. The number of aromatic nitrogens is 2. The highest BCUT2D eigenvalue weighted by molar-refractivity contribution is 6.33. The Kier molecular flexibility index (Phi) is 6.42. The highest BCUT2D eigenvalue weighted by Crippen LogP contribution is 2.34. The van der Waals surface area contributed by atoms with Crippen LogP contribution in [0.25, 0.3) is 0 Å². The fourth-order valence-electron chi connectivity index (χ4n) is 2.03. The minimum Gasteiger partial charge on any atom is -0.351 e. The number of anilines is 2. The Bertz CT molecular complexity index is 781. The van der Waals surface area contributed by atoms with E-state index in [0.29, 0.717) is 12.5 Å². The molecule has 2 rings (SSSR count). The number of hydrogen-bond acceptors (Lipinski definition) is 4. The van der Waals surface area contributed by atoms with E-state index in [9.17, 15) is 18.0 Å². The number of nitrogens with one attached hydrogen (secondary N) is 2. The molecule has 0 fully saturated rings. The molecule has 2 aromatic rings. The molecule has 0 atom stereocenters. The van der Waals surface area contributed by atoms with Crippen LogP contribution in [-0.4, -0.2) is 22.4 Å². The van der Waals surface area contributed by atoms with Crippen LogP contribution in [-0.2, 0) is 6.18 Å². The van der Waals surface area contributed by atoms with Crippen molar-refractivity contribution in [3.05, 3.63) is 46.7 Å². The van der Waals surface area contributed by atoms with Crippen LogP contribution in [0.3, 0.4) is 0 Å². The summed E-state index contributed by atoms with van der Waals surface area (Å²) < 4.78 is 38.5. The molecule has 1 amide bonds. The second-order valence-corrected chi connectivity index (χ2v) is 6.43. The summed E-state index contributed by atoms with van der Waals surface area (Å²) >= 11 is 5.93. The van der Waals surface area contributed by atoms with Gasteiger partial charge in [-0.25, -0.2) is 9.97 Å². The molecule has 0 aliphatic carbocycles. The van der Waals surface area contributed by atoms with E-state index in [1.807, 2.05) is 13.8 Å². The van der Waals surface area contributed by atoms with Gasteiger partial charge in [-0.1, -0.05) is 25.4 Å². The first kappa shape index (κ1) is 20.0. The van der Waals surface area contributed by atoms with Crippen molar-refractivity contribution in [3.63, 3.8) is 0 Å². The molecular weight excluding hydrogens is 369 g/mol. The predicted octanol–water partition coefficient (Wildman–Crippen LogP) is 4.67. The zero-order valence-electron chi connectivity index (χ0n) is 14.2. The largest absolute Gasteiger partial charge is 0.416 e. The molecule has 9 heteroatoms. The van der Waals surface area contributed by atoms with Gasteiger partial charge in [-0.15, -0.1) is 0 Å². The van der Waals surface area contributed by atoms with Crippen LogP contribution >= 0.6 is 11.6 Å². The molecule has 0 saturated heterocycles. The van der Waals surface area contributed by atoms with Crippen LogP contribution < -0.4 is 10.6 Å². The Morgan fingerprint density at radius 3 is 2.65 bits per heavy atom. The summed E-state index contributed by atoms with van der Waals surface area (Å²) in [6.07, 6.45) is -2.34. The van der Waals surface area contributed by atoms with Crippen molar-refractivity contribution in [3.8, 4) is 0 Å². The van der Waals surface area contributed by atoms with Gasteiger partial charge in [0.1, 0.15) is 5.69 Å². The first-order valence-electron chi connectivity index (χ1n) is 7.92. The Morgan fingerprint density at radius 2 is 2.00 bits per heavy atom. The molecule has 0 bridgehead atoms. The standard InChI is InChI=1S/C17H18ClF3N4O/c1-10(2)5-7-22-15(26)13-6-8-23-16(24-13)25-14-9-11(17(19,20)21)3-4-12(14)18/h3-4,6,8-10H,5,7H2,1-2H3,(H,22,26)(H,23,24,25). The first-order valence-corrected chi connectivity index (χ1v) is 8.29. The minimum atomic E-state index is -4.50. The van der Waals surface area contributed by atoms with Gasteiger partial charge in [0, 0.05) is 12.7 Å². The molecule has 0 radical (unpaired) electrons. The van der Waals surface area contributed by atoms with Gasteiger partial charge in [0.15, 0.2) is 0 Å². The predicted molar refractivity (Wildman–Crippen MR) is 93.6 cm³/mol. The molecule has 1 aromatic carbocycles. The average molecular weight is 387 g/mol. The molecule has 2 N–H and O–H groups in total. The van der Waals surface area contributed by atoms with Crippen LogP contribution in [0.5, 0.6) is 0 Å². The van der Waals surface area contributed by atoms with E-state index in [1.54, 1.807) is 0 Å². The molecule has 140 valence electrons. The lowest BCUT2D eigenvalue weighted by Gasteiger charge is -2.12. The fourth-order valence-corrected chi connectivity index (χ4v) is 2.19. The smallest absolute Gasteiger partial charge is 0.351 e. The summed E-state index contributed by atoms with van der Waals surface area (Å²) in [5.41, 5.74) is -0.750. The Labute approximate surface area is 154 Å². The van der Waals surface area contributed by atoms with Gasteiger partial charge in [-0.05, 0) is 36.6 Å². The molecule has 0 aliphatic heterocycles. The molecular formula is C17H18ClF3N4O. The van der Waals surface area contributed by atoms with Crippen molar-refractivity contribution in [2.75, 3.05) is 11.9 Å². The maximum Gasteiger partial charge on any atom is 0.416 e. The number of alkyl halides is 3. The van der Waals surface area contributed by atoms with Crippen molar-refractivity contribution >= 4 is 29.1 Å². The molecule has 0 spiro atoms. The highest BCUT2D eigenvalue weighted by atomic mass is 35.5. The SMILES string of the molecule is CC(C)CCNC(=O)c1ccnc(Nc2cc(C(F)(F)F)ccc2Cl)n1. The van der Waals surface area contributed by atoms with Crippen LogP contribution in [0.4, 0.5) is 24.8 Å². The van der Waals surface area contributed by atoms with Crippen molar-refractivity contribution < 1.29 is 18.0 Å². The Balaban J connectivity index is 2.15. The summed E-state index contributed by atoms with van der Waals surface area (Å²) in [5, 5.41) is 5.43. The number of carbonyl (C=O) groups is 1. The van der Waals surface area contributed by atoms with Gasteiger partial charge in [0.05, 0.1) is 16.3 Å². The summed E-state index contributed by atoms with van der Waals surface area (Å²) in [4.78, 5) is 20.0. The number of rotatable bonds is 6. The lowest BCUT2D eigenvalue weighted by atomic mass is 10.1. The third kappa shape index (κ3) is 5.59. The van der Waals surface area contributed by atoms with Gasteiger partial charge in [0.25, 0.3) is 5.91 Å². The Hall–Kier alpha value is -2.35. The first-order chi connectivity index (χ1) is 12.2. The molecule has 1 heterocycles. The van der Waals surface area contributed by atoms with Gasteiger partial charge >= 0.3 is 6.18 Å². The van der Waals surface area contributed by atoms with E-state index < -0.39 is 11.7 Å². The maximum atomic E-state index is 12.8. The molecule has 5 nitrogen and oxygen atoms in total. The van der Waals surface area contributed by atoms with Gasteiger partial charge in [-0.2, -0.15) is 13.2 Å². The molecule has 26 heavy (non-hydrogen) atoms. The lowest BCUT2D eigenvalue weighted by Crippen LogP contribution is -2.26. The second-order valence-electron chi connectivity index (χ2n) is 6.02. The molecule has 0 aliphatic rings. The normalized spacial score (nSPS) is 11.5. The van der Waals surface area contributed by atoms with E-state index in [-0.39, 0.29) is 28.3 Å². The molecule has 0 unspecified atom stereocenters. The molecule has 0 saturated carbocycles. The van der Waals surface area contributed by atoms with Crippen LogP contribution in [0, 0.1) is 5.92 Å². The number of carbonyl (C=O) groups excluding carboxylic acids is 1. The third-order valence-electron chi connectivity index (χ3n) is 3.44. The van der Waals surface area contributed by atoms with Gasteiger partial charge < -0.3 is 10.6 Å². The number of nitrogens with zero attached hydrogens (tertiary/aromatic N) is 2.